The third kappa shape index (κ3) is 0.840. The van der Waals surface area contributed by atoms with E-state index in [1.807, 2.05) is 0 Å². The van der Waals surface area contributed by atoms with Crippen LogP contribution in [0.4, 0.5) is 0 Å². The molecule has 0 saturated carbocycles. The van der Waals surface area contributed by atoms with Gasteiger partial charge >= 0.3 is 0 Å². The van der Waals surface area contributed by atoms with E-state index in [4.69, 9.17) is 0 Å². The zero-order valence-corrected chi connectivity index (χ0v) is 9.21. The number of hydrogen-bond donors (Lipinski definition) is 0. The monoisotopic (exact) mass is 164 g/mol. The second-order valence-corrected chi connectivity index (χ2v) is 5.03. The average Bonchev–Trinajstić information content (AvgIpc) is 2.34. The molecule has 0 N–H and O–H groups in total. The van der Waals surface area contributed by atoms with E-state index in [2.05, 4.69) is 48.1 Å². The summed E-state index contributed by atoms with van der Waals surface area (Å²) < 4.78 is 0. The zero-order valence-electron chi connectivity index (χ0n) is 9.21. The van der Waals surface area contributed by atoms with Gasteiger partial charge in [-0.1, -0.05) is 44.1 Å². The quantitative estimate of drug-likeness (QED) is 0.515. The van der Waals surface area contributed by atoms with Crippen LogP contribution in [0.15, 0.2) is 23.3 Å². The van der Waals surface area contributed by atoms with Gasteiger partial charge in [0.1, 0.15) is 0 Å². The maximum Gasteiger partial charge on any atom is 0.0373 e. The molecule has 0 heterocycles. The van der Waals surface area contributed by atoms with Crippen LogP contribution in [0, 0.1) is 10.8 Å². The van der Waals surface area contributed by atoms with Gasteiger partial charge in [0.2, 0.25) is 0 Å². The second-order valence-electron chi connectivity index (χ2n) is 5.03. The molecule has 0 aliphatic heterocycles. The van der Waals surface area contributed by atoms with Crippen molar-refractivity contribution in [3.8, 4) is 0 Å². The Bertz CT molecular complexity index is 246. The molecule has 0 aromatic heterocycles. The third-order valence-electron chi connectivity index (χ3n) is 3.39. The lowest BCUT2D eigenvalue weighted by Crippen LogP contribution is -2.27. The fraction of sp³-hybridized carbons (Fsp3) is 0.667. The van der Waals surface area contributed by atoms with Crippen molar-refractivity contribution in [1.82, 2.24) is 0 Å². The summed E-state index contributed by atoms with van der Waals surface area (Å²) in [6, 6.07) is 0. The highest BCUT2D eigenvalue weighted by atomic mass is 14.6. The number of allylic oxidation sites excluding steroid dienone is 3. The molecule has 1 aliphatic carbocycles. The molecule has 0 aromatic rings. The van der Waals surface area contributed by atoms with Crippen LogP contribution in [0.3, 0.4) is 0 Å². The molecule has 0 spiro atoms. The minimum Gasteiger partial charge on any atom is -0.0989 e. The molecule has 12 heavy (non-hydrogen) atoms. The molecular weight excluding hydrogens is 144 g/mol. The van der Waals surface area contributed by atoms with Crippen LogP contribution < -0.4 is 0 Å². The van der Waals surface area contributed by atoms with Crippen LogP contribution in [0.5, 0.6) is 0 Å². The summed E-state index contributed by atoms with van der Waals surface area (Å²) >= 11 is 0. The Morgan fingerprint density at radius 2 is 1.50 bits per heavy atom. The van der Waals surface area contributed by atoms with E-state index in [0.717, 1.165) is 0 Å². The van der Waals surface area contributed by atoms with E-state index in [-0.39, 0.29) is 5.41 Å². The van der Waals surface area contributed by atoms with Gasteiger partial charge in [-0.25, -0.2) is 0 Å². The van der Waals surface area contributed by atoms with Gasteiger partial charge in [0.15, 0.2) is 0 Å². The predicted molar refractivity (Wildman–Crippen MR) is 55.1 cm³/mol. The Labute approximate surface area is 76.4 Å². The highest BCUT2D eigenvalue weighted by Gasteiger charge is 2.56. The van der Waals surface area contributed by atoms with Crippen LogP contribution in [0.1, 0.15) is 41.5 Å². The Morgan fingerprint density at radius 1 is 1.17 bits per heavy atom. The molecular formula is C12H20. The highest BCUT2D eigenvalue weighted by molar-refractivity contribution is 5.56. The summed E-state index contributed by atoms with van der Waals surface area (Å²) in [5, 5.41) is 0. The Balaban J connectivity index is 3.06. The minimum atomic E-state index is 0.243. The van der Waals surface area contributed by atoms with Gasteiger partial charge in [-0.3, -0.25) is 0 Å². The average molecular weight is 164 g/mol. The molecule has 0 radical (unpaired) electrons. The third-order valence-corrected chi connectivity index (χ3v) is 3.39. The summed E-state index contributed by atoms with van der Waals surface area (Å²) in [7, 11) is 0. The number of rotatable bonds is 1. The molecule has 0 heteroatoms. The van der Waals surface area contributed by atoms with Crippen LogP contribution in [-0.4, -0.2) is 0 Å². The predicted octanol–water partition coefficient (Wildman–Crippen LogP) is 3.95. The molecule has 0 atom stereocenters. The highest BCUT2D eigenvalue weighted by Crippen LogP contribution is 2.66. The summed E-state index contributed by atoms with van der Waals surface area (Å²) in [4.78, 5) is 0. The van der Waals surface area contributed by atoms with Gasteiger partial charge in [0.25, 0.3) is 0 Å². The SMILES string of the molecule is C=C(C)C1(C(C)(C)C)C(C)=C1C. The first-order chi connectivity index (χ1) is 5.26. The maximum absolute atomic E-state index is 4.11. The molecule has 0 unspecified atom stereocenters. The standard InChI is InChI=1S/C12H20/c1-8(2)12(11(5,6)7)9(3)10(12)4/h1H2,2-7H3. The first-order valence-electron chi connectivity index (χ1n) is 4.60. The normalized spacial score (nSPS) is 21.2. The van der Waals surface area contributed by atoms with E-state index in [9.17, 15) is 0 Å². The van der Waals surface area contributed by atoms with Gasteiger partial charge in [-0.15, -0.1) is 0 Å². The Kier molecular flexibility index (Phi) is 1.79. The van der Waals surface area contributed by atoms with Gasteiger partial charge in [0, 0.05) is 5.41 Å². The van der Waals surface area contributed by atoms with Crippen molar-refractivity contribution in [2.24, 2.45) is 10.8 Å². The lowest BCUT2D eigenvalue weighted by Gasteiger charge is -2.34. The Morgan fingerprint density at radius 3 is 1.50 bits per heavy atom. The maximum atomic E-state index is 4.11. The summed E-state index contributed by atoms with van der Waals surface area (Å²) in [5.74, 6) is 0. The molecule has 0 aromatic carbocycles. The van der Waals surface area contributed by atoms with Crippen molar-refractivity contribution < 1.29 is 0 Å². The van der Waals surface area contributed by atoms with Crippen LogP contribution in [-0.2, 0) is 0 Å². The second kappa shape index (κ2) is 2.25. The van der Waals surface area contributed by atoms with Crippen molar-refractivity contribution in [1.29, 1.82) is 0 Å². The van der Waals surface area contributed by atoms with Gasteiger partial charge in [-0.2, -0.15) is 0 Å². The topological polar surface area (TPSA) is 0 Å². The van der Waals surface area contributed by atoms with E-state index in [1.165, 1.54) is 16.7 Å². The molecule has 0 nitrogen and oxygen atoms in total. The molecule has 0 fully saturated rings. The van der Waals surface area contributed by atoms with Crippen molar-refractivity contribution in [2.75, 3.05) is 0 Å². The van der Waals surface area contributed by atoms with E-state index in [1.54, 1.807) is 0 Å². The van der Waals surface area contributed by atoms with E-state index >= 15 is 0 Å². The fourth-order valence-electron chi connectivity index (χ4n) is 2.97. The van der Waals surface area contributed by atoms with Crippen molar-refractivity contribution in [2.45, 2.75) is 41.5 Å². The molecule has 0 saturated heterocycles. The van der Waals surface area contributed by atoms with Crippen molar-refractivity contribution >= 4 is 0 Å². The van der Waals surface area contributed by atoms with Crippen LogP contribution >= 0.6 is 0 Å². The van der Waals surface area contributed by atoms with Gasteiger partial charge < -0.3 is 0 Å². The summed E-state index contributed by atoms with van der Waals surface area (Å²) in [6.45, 7) is 17.6. The molecule has 1 aliphatic rings. The fourth-order valence-corrected chi connectivity index (χ4v) is 2.97. The smallest absolute Gasteiger partial charge is 0.0373 e. The molecule has 0 amide bonds. The summed E-state index contributed by atoms with van der Waals surface area (Å²) in [6.07, 6.45) is 0. The van der Waals surface area contributed by atoms with Gasteiger partial charge in [0.05, 0.1) is 0 Å². The number of hydrogen-bond acceptors (Lipinski definition) is 0. The molecule has 68 valence electrons. The minimum absolute atomic E-state index is 0.243. The van der Waals surface area contributed by atoms with E-state index < -0.39 is 0 Å². The van der Waals surface area contributed by atoms with Gasteiger partial charge in [-0.05, 0) is 26.2 Å². The van der Waals surface area contributed by atoms with Crippen molar-refractivity contribution in [3.05, 3.63) is 23.3 Å². The lowest BCUT2D eigenvalue weighted by atomic mass is 9.69. The van der Waals surface area contributed by atoms with Crippen LogP contribution in [0.2, 0.25) is 0 Å². The molecule has 0 bridgehead atoms. The largest absolute Gasteiger partial charge is 0.0989 e. The van der Waals surface area contributed by atoms with Crippen molar-refractivity contribution in [3.63, 3.8) is 0 Å². The van der Waals surface area contributed by atoms with E-state index in [0.29, 0.717) is 5.41 Å². The lowest BCUT2D eigenvalue weighted by molar-refractivity contribution is 0.270. The van der Waals surface area contributed by atoms with Crippen LogP contribution in [0.25, 0.3) is 0 Å². The zero-order chi connectivity index (χ0) is 9.73. The first kappa shape index (κ1) is 9.57. The first-order valence-corrected chi connectivity index (χ1v) is 4.60. The summed E-state index contributed by atoms with van der Waals surface area (Å²) in [5.41, 5.74) is 4.90. The Hall–Kier alpha value is -0.520. The molecule has 1 rings (SSSR count).